The molecule has 154 valence electrons. The quantitative estimate of drug-likeness (QED) is 0.213. The standard InChI is InChI=1S/C19H28N4O5/c1-19(2,3)28-18(25)22-16(17(24)26-4)13-14-7-9-15(10-8-14)27-12-6-5-11-21-23-20/h7-10,16H,5-6,11-13H2,1-4H3,(H,22,25)/t16-/m0/s1. The smallest absolute Gasteiger partial charge is 0.408 e. The number of alkyl carbamates (subject to hydrolysis) is 1. The fraction of sp³-hybridized carbons (Fsp3) is 0.579. The van der Waals surface area contributed by atoms with Crippen LogP contribution in [-0.2, 0) is 20.7 Å². The van der Waals surface area contributed by atoms with E-state index in [1.54, 1.807) is 32.9 Å². The van der Waals surface area contributed by atoms with Gasteiger partial charge in [0.05, 0.1) is 13.7 Å². The van der Waals surface area contributed by atoms with Gasteiger partial charge in [0.2, 0.25) is 0 Å². The van der Waals surface area contributed by atoms with Crippen LogP contribution in [0.15, 0.2) is 29.4 Å². The molecule has 0 heterocycles. The minimum absolute atomic E-state index is 0.262. The number of carbonyl (C=O) groups is 2. The van der Waals surface area contributed by atoms with Gasteiger partial charge in [0.1, 0.15) is 17.4 Å². The minimum atomic E-state index is -0.854. The second-order valence-electron chi connectivity index (χ2n) is 7.08. The number of rotatable bonds is 10. The van der Waals surface area contributed by atoms with Gasteiger partial charge < -0.3 is 19.5 Å². The van der Waals surface area contributed by atoms with E-state index in [4.69, 9.17) is 19.7 Å². The number of ether oxygens (including phenoxy) is 3. The van der Waals surface area contributed by atoms with Crippen LogP contribution < -0.4 is 10.1 Å². The summed E-state index contributed by atoms with van der Waals surface area (Å²) in [4.78, 5) is 26.6. The molecule has 1 aromatic carbocycles. The maximum absolute atomic E-state index is 12.0. The second kappa shape index (κ2) is 11.7. The van der Waals surface area contributed by atoms with Crippen LogP contribution in [0.25, 0.3) is 10.4 Å². The number of hydrogen-bond donors (Lipinski definition) is 1. The summed E-state index contributed by atoms with van der Waals surface area (Å²) in [5.41, 5.74) is 8.38. The molecule has 1 N–H and O–H groups in total. The fourth-order valence-corrected chi connectivity index (χ4v) is 2.26. The molecule has 0 bridgehead atoms. The van der Waals surface area contributed by atoms with Crippen LogP contribution in [-0.4, -0.2) is 44.0 Å². The first-order valence-electron chi connectivity index (χ1n) is 9.05. The van der Waals surface area contributed by atoms with E-state index >= 15 is 0 Å². The van der Waals surface area contributed by atoms with Crippen molar-refractivity contribution in [3.05, 3.63) is 40.3 Å². The molecule has 28 heavy (non-hydrogen) atoms. The van der Waals surface area contributed by atoms with Crippen molar-refractivity contribution in [3.8, 4) is 5.75 Å². The molecule has 0 saturated carbocycles. The van der Waals surface area contributed by atoms with E-state index < -0.39 is 23.7 Å². The van der Waals surface area contributed by atoms with Gasteiger partial charge in [0.25, 0.3) is 0 Å². The van der Waals surface area contributed by atoms with Crippen molar-refractivity contribution >= 4 is 12.1 Å². The van der Waals surface area contributed by atoms with Gasteiger partial charge in [0.15, 0.2) is 0 Å². The van der Waals surface area contributed by atoms with E-state index in [1.807, 2.05) is 12.1 Å². The topological polar surface area (TPSA) is 123 Å². The Morgan fingerprint density at radius 3 is 2.46 bits per heavy atom. The second-order valence-corrected chi connectivity index (χ2v) is 7.08. The Hall–Kier alpha value is -2.93. The van der Waals surface area contributed by atoms with Gasteiger partial charge in [0, 0.05) is 17.9 Å². The lowest BCUT2D eigenvalue weighted by molar-refractivity contribution is -0.143. The van der Waals surface area contributed by atoms with E-state index in [1.165, 1.54) is 7.11 Å². The first kappa shape index (κ1) is 23.1. The van der Waals surface area contributed by atoms with Gasteiger partial charge in [-0.2, -0.15) is 0 Å². The molecule has 0 aliphatic rings. The number of nitrogens with zero attached hydrogens (tertiary/aromatic N) is 3. The van der Waals surface area contributed by atoms with Crippen molar-refractivity contribution in [2.75, 3.05) is 20.3 Å². The Labute approximate surface area is 165 Å². The molecule has 0 radical (unpaired) electrons. The molecule has 1 aromatic rings. The van der Waals surface area contributed by atoms with Gasteiger partial charge in [-0.05, 0) is 56.8 Å². The molecule has 1 rings (SSSR count). The zero-order valence-corrected chi connectivity index (χ0v) is 16.8. The molecule has 9 nitrogen and oxygen atoms in total. The van der Waals surface area contributed by atoms with Crippen molar-refractivity contribution in [2.24, 2.45) is 5.11 Å². The summed E-state index contributed by atoms with van der Waals surface area (Å²) in [6.07, 6.45) is 1.13. The predicted octanol–water partition coefficient (Wildman–Crippen LogP) is 3.76. The zero-order valence-electron chi connectivity index (χ0n) is 16.8. The highest BCUT2D eigenvalue weighted by molar-refractivity contribution is 5.81. The Morgan fingerprint density at radius 1 is 1.21 bits per heavy atom. The number of esters is 1. The third-order valence-electron chi connectivity index (χ3n) is 3.52. The molecular weight excluding hydrogens is 364 g/mol. The highest BCUT2D eigenvalue weighted by Crippen LogP contribution is 2.15. The van der Waals surface area contributed by atoms with E-state index in [9.17, 15) is 9.59 Å². The van der Waals surface area contributed by atoms with Crippen LogP contribution in [0.3, 0.4) is 0 Å². The predicted molar refractivity (Wildman–Crippen MR) is 104 cm³/mol. The van der Waals surface area contributed by atoms with Crippen LogP contribution in [0, 0.1) is 0 Å². The largest absolute Gasteiger partial charge is 0.494 e. The molecule has 1 atom stereocenters. The van der Waals surface area contributed by atoms with Gasteiger partial charge >= 0.3 is 12.1 Å². The number of benzene rings is 1. The maximum Gasteiger partial charge on any atom is 0.408 e. The number of azide groups is 1. The van der Waals surface area contributed by atoms with E-state index in [0.717, 1.165) is 18.4 Å². The number of carbonyl (C=O) groups excluding carboxylic acids is 2. The fourth-order valence-electron chi connectivity index (χ4n) is 2.26. The molecule has 0 spiro atoms. The highest BCUT2D eigenvalue weighted by Gasteiger charge is 2.25. The van der Waals surface area contributed by atoms with Crippen molar-refractivity contribution < 1.29 is 23.8 Å². The SMILES string of the molecule is COC(=O)[C@H](Cc1ccc(OCCCCN=[N+]=[N-])cc1)NC(=O)OC(C)(C)C. The maximum atomic E-state index is 12.0. The molecule has 0 fully saturated rings. The number of amides is 1. The molecule has 9 heteroatoms. The van der Waals surface area contributed by atoms with E-state index in [0.29, 0.717) is 18.9 Å². The van der Waals surface area contributed by atoms with Crippen LogP contribution in [0.5, 0.6) is 5.75 Å². The summed E-state index contributed by atoms with van der Waals surface area (Å²) in [5, 5.41) is 6.01. The van der Waals surface area contributed by atoms with Crippen LogP contribution in [0.4, 0.5) is 4.79 Å². The number of hydrogen-bond acceptors (Lipinski definition) is 6. The lowest BCUT2D eigenvalue weighted by Crippen LogP contribution is -2.45. The zero-order chi connectivity index (χ0) is 21.0. The lowest BCUT2D eigenvalue weighted by atomic mass is 10.1. The molecule has 0 aliphatic carbocycles. The summed E-state index contributed by atoms with van der Waals surface area (Å²) < 4.78 is 15.6. The summed E-state index contributed by atoms with van der Waals surface area (Å²) in [6, 6.07) is 6.38. The third kappa shape index (κ3) is 9.68. The average Bonchev–Trinajstić information content (AvgIpc) is 2.63. The normalized spacial score (nSPS) is 11.7. The minimum Gasteiger partial charge on any atom is -0.494 e. The van der Waals surface area contributed by atoms with Crippen LogP contribution >= 0.6 is 0 Å². The highest BCUT2D eigenvalue weighted by atomic mass is 16.6. The molecular formula is C19H28N4O5. The third-order valence-corrected chi connectivity index (χ3v) is 3.52. The molecule has 1 amide bonds. The summed E-state index contributed by atoms with van der Waals surface area (Å²) in [6.45, 7) is 6.21. The molecule has 0 aliphatic heterocycles. The van der Waals surface area contributed by atoms with E-state index in [-0.39, 0.29) is 6.42 Å². The summed E-state index contributed by atoms with van der Waals surface area (Å²) in [7, 11) is 1.27. The first-order chi connectivity index (χ1) is 13.2. The van der Waals surface area contributed by atoms with E-state index in [2.05, 4.69) is 15.3 Å². The number of unbranched alkanes of at least 4 members (excludes halogenated alkanes) is 1. The monoisotopic (exact) mass is 392 g/mol. The van der Waals surface area contributed by atoms with Crippen LogP contribution in [0.1, 0.15) is 39.2 Å². The summed E-state index contributed by atoms with van der Waals surface area (Å²) in [5.74, 6) is 0.147. The Morgan fingerprint density at radius 2 is 1.89 bits per heavy atom. The average molecular weight is 392 g/mol. The number of nitrogens with one attached hydrogen (secondary N) is 1. The lowest BCUT2D eigenvalue weighted by Gasteiger charge is -2.22. The van der Waals surface area contributed by atoms with Gasteiger partial charge in [-0.15, -0.1) is 0 Å². The Bertz CT molecular complexity index is 679. The van der Waals surface area contributed by atoms with Crippen molar-refractivity contribution in [3.63, 3.8) is 0 Å². The molecule has 0 saturated heterocycles. The first-order valence-corrected chi connectivity index (χ1v) is 9.05. The summed E-state index contributed by atoms with van der Waals surface area (Å²) >= 11 is 0. The molecule has 0 aromatic heterocycles. The van der Waals surface area contributed by atoms with Gasteiger partial charge in [-0.3, -0.25) is 0 Å². The van der Waals surface area contributed by atoms with Gasteiger partial charge in [-0.1, -0.05) is 17.2 Å². The van der Waals surface area contributed by atoms with Crippen molar-refractivity contribution in [1.82, 2.24) is 5.32 Å². The number of methoxy groups -OCH3 is 1. The van der Waals surface area contributed by atoms with Gasteiger partial charge in [-0.25, -0.2) is 9.59 Å². The van der Waals surface area contributed by atoms with Crippen LogP contribution in [0.2, 0.25) is 0 Å². The van der Waals surface area contributed by atoms with Crippen molar-refractivity contribution in [1.29, 1.82) is 0 Å². The molecule has 0 unspecified atom stereocenters. The Balaban J connectivity index is 2.58. The van der Waals surface area contributed by atoms with Crippen molar-refractivity contribution in [2.45, 2.75) is 51.7 Å². The Kier molecular flexibility index (Phi) is 9.67.